The van der Waals surface area contributed by atoms with E-state index >= 15 is 0 Å². The predicted octanol–water partition coefficient (Wildman–Crippen LogP) is 2.01. The summed E-state index contributed by atoms with van der Waals surface area (Å²) in [6, 6.07) is 4.37. The van der Waals surface area contributed by atoms with Crippen molar-refractivity contribution < 1.29 is 19.8 Å². The second-order valence-electron chi connectivity index (χ2n) is 3.88. The van der Waals surface area contributed by atoms with Gasteiger partial charge in [0.1, 0.15) is 4.75 Å². The second kappa shape index (κ2) is 3.92. The molecule has 17 heavy (non-hydrogen) atoms. The zero-order valence-corrected chi connectivity index (χ0v) is 9.65. The van der Waals surface area contributed by atoms with Crippen molar-refractivity contribution in [3.8, 4) is 0 Å². The number of rotatable bonds is 2. The largest absolute Gasteiger partial charge is 0.480 e. The van der Waals surface area contributed by atoms with Crippen LogP contribution < -0.4 is 0 Å². The lowest BCUT2D eigenvalue weighted by molar-refractivity contribution is -0.140. The molecule has 0 aromatic heterocycles. The van der Waals surface area contributed by atoms with Crippen molar-refractivity contribution in [3.05, 3.63) is 41.0 Å². The first-order chi connectivity index (χ1) is 7.95. The number of carboxylic acids is 2. The van der Waals surface area contributed by atoms with Gasteiger partial charge in [0.25, 0.3) is 0 Å². The summed E-state index contributed by atoms with van der Waals surface area (Å²) in [5.74, 6) is -2.07. The van der Waals surface area contributed by atoms with E-state index in [0.717, 1.165) is 0 Å². The fraction of sp³-hybridized carbons (Fsp3) is 0.167. The first kappa shape index (κ1) is 11.7. The van der Waals surface area contributed by atoms with E-state index in [1.807, 2.05) is 0 Å². The van der Waals surface area contributed by atoms with E-state index in [1.54, 1.807) is 12.2 Å². The van der Waals surface area contributed by atoms with Gasteiger partial charge in [-0.05, 0) is 29.7 Å². The van der Waals surface area contributed by atoms with Crippen molar-refractivity contribution in [1.29, 1.82) is 0 Å². The zero-order valence-electron chi connectivity index (χ0n) is 8.75. The molecule has 2 N–H and O–H groups in total. The van der Waals surface area contributed by atoms with Crippen LogP contribution in [0.25, 0.3) is 6.08 Å². The monoisotopic (exact) mass is 250 g/mol. The van der Waals surface area contributed by atoms with Gasteiger partial charge in [0.15, 0.2) is 0 Å². The van der Waals surface area contributed by atoms with Gasteiger partial charge in [-0.25, -0.2) is 4.79 Å². The number of benzene rings is 1. The number of aromatic carboxylic acids is 1. The Morgan fingerprint density at radius 2 is 2.00 bits per heavy atom. The minimum atomic E-state index is -1.28. The molecule has 0 spiro atoms. The number of allylic oxidation sites excluding steroid dienone is 1. The summed E-state index contributed by atoms with van der Waals surface area (Å²) < 4.78 is -1.28. The quantitative estimate of drug-likeness (QED) is 0.702. The van der Waals surface area contributed by atoms with Gasteiger partial charge in [-0.15, -0.1) is 0 Å². The van der Waals surface area contributed by atoms with Gasteiger partial charge in [-0.2, -0.15) is 12.6 Å². The van der Waals surface area contributed by atoms with Gasteiger partial charge >= 0.3 is 11.9 Å². The molecule has 0 saturated heterocycles. The Labute approximate surface area is 103 Å². The first-order valence-electron chi connectivity index (χ1n) is 4.95. The average Bonchev–Trinajstić information content (AvgIpc) is 2.28. The van der Waals surface area contributed by atoms with Gasteiger partial charge in [0, 0.05) is 0 Å². The molecule has 88 valence electrons. The van der Waals surface area contributed by atoms with Crippen LogP contribution in [0.4, 0.5) is 0 Å². The molecule has 1 aliphatic rings. The highest BCUT2D eigenvalue weighted by atomic mass is 32.1. The van der Waals surface area contributed by atoms with Crippen molar-refractivity contribution >= 4 is 30.6 Å². The standard InChI is InChI=1S/C12H10O4S/c13-10(14)8-3-4-9-7(6-8)2-1-5-12(9,17)11(15)16/h1-4,6,17H,5H2,(H,13,14)(H,15,16). The first-order valence-corrected chi connectivity index (χ1v) is 5.40. The smallest absolute Gasteiger partial charge is 0.335 e. The van der Waals surface area contributed by atoms with Gasteiger partial charge in [-0.3, -0.25) is 4.79 Å². The van der Waals surface area contributed by atoms with Crippen LogP contribution in [-0.4, -0.2) is 22.2 Å². The molecule has 1 aliphatic carbocycles. The molecule has 0 amide bonds. The number of carboxylic acid groups (broad SMARTS) is 2. The van der Waals surface area contributed by atoms with Crippen LogP contribution in [0.1, 0.15) is 27.9 Å². The molecule has 1 aromatic rings. The Morgan fingerprint density at radius 1 is 1.29 bits per heavy atom. The predicted molar refractivity (Wildman–Crippen MR) is 65.4 cm³/mol. The third-order valence-corrected chi connectivity index (χ3v) is 3.42. The molecule has 4 nitrogen and oxygen atoms in total. The van der Waals surface area contributed by atoms with Crippen LogP contribution in [0.5, 0.6) is 0 Å². The Kier molecular flexibility index (Phi) is 2.71. The molecule has 1 unspecified atom stereocenters. The van der Waals surface area contributed by atoms with E-state index in [9.17, 15) is 14.7 Å². The number of hydrogen-bond donors (Lipinski definition) is 3. The summed E-state index contributed by atoms with van der Waals surface area (Å²) in [4.78, 5) is 22.1. The summed E-state index contributed by atoms with van der Waals surface area (Å²) in [7, 11) is 0. The summed E-state index contributed by atoms with van der Waals surface area (Å²) in [6.07, 6.45) is 3.69. The van der Waals surface area contributed by atoms with Crippen molar-refractivity contribution in [2.45, 2.75) is 11.2 Å². The van der Waals surface area contributed by atoms with Crippen molar-refractivity contribution in [3.63, 3.8) is 0 Å². The molecule has 0 radical (unpaired) electrons. The molecular formula is C12H10O4S. The van der Waals surface area contributed by atoms with E-state index in [2.05, 4.69) is 12.6 Å². The summed E-state index contributed by atoms with van der Waals surface area (Å²) in [6.45, 7) is 0. The fourth-order valence-electron chi connectivity index (χ4n) is 1.88. The summed E-state index contributed by atoms with van der Waals surface area (Å²) in [5.41, 5.74) is 1.26. The maximum absolute atomic E-state index is 11.2. The second-order valence-corrected chi connectivity index (χ2v) is 4.64. The van der Waals surface area contributed by atoms with Crippen molar-refractivity contribution in [2.24, 2.45) is 0 Å². The zero-order chi connectivity index (χ0) is 12.6. The number of hydrogen-bond acceptors (Lipinski definition) is 3. The highest BCUT2D eigenvalue weighted by Gasteiger charge is 2.38. The van der Waals surface area contributed by atoms with E-state index in [-0.39, 0.29) is 12.0 Å². The lowest BCUT2D eigenvalue weighted by atomic mass is 9.85. The van der Waals surface area contributed by atoms with E-state index in [1.165, 1.54) is 18.2 Å². The molecule has 1 aromatic carbocycles. The maximum atomic E-state index is 11.2. The highest BCUT2D eigenvalue weighted by molar-refractivity contribution is 7.82. The molecule has 0 heterocycles. The third-order valence-electron chi connectivity index (χ3n) is 2.81. The molecule has 0 bridgehead atoms. The summed E-state index contributed by atoms with van der Waals surface area (Å²) >= 11 is 4.21. The Hall–Kier alpha value is -1.75. The lowest BCUT2D eigenvalue weighted by Crippen LogP contribution is -2.31. The van der Waals surface area contributed by atoms with Gasteiger partial charge < -0.3 is 10.2 Å². The minimum Gasteiger partial charge on any atom is -0.480 e. The van der Waals surface area contributed by atoms with E-state index in [0.29, 0.717) is 11.1 Å². The molecule has 0 aliphatic heterocycles. The molecule has 0 saturated carbocycles. The Balaban J connectivity index is 2.59. The van der Waals surface area contributed by atoms with Crippen LogP contribution in [0, 0.1) is 0 Å². The number of carbonyl (C=O) groups is 2. The van der Waals surface area contributed by atoms with Crippen LogP contribution in [-0.2, 0) is 9.54 Å². The highest BCUT2D eigenvalue weighted by Crippen LogP contribution is 2.39. The topological polar surface area (TPSA) is 74.6 Å². The third kappa shape index (κ3) is 1.82. The fourth-order valence-corrected chi connectivity index (χ4v) is 2.19. The number of fused-ring (bicyclic) bond motifs is 1. The normalized spacial score (nSPS) is 21.9. The van der Waals surface area contributed by atoms with Gasteiger partial charge in [0.2, 0.25) is 0 Å². The van der Waals surface area contributed by atoms with E-state index in [4.69, 9.17) is 5.11 Å². The molecule has 5 heteroatoms. The van der Waals surface area contributed by atoms with Crippen LogP contribution >= 0.6 is 12.6 Å². The molecule has 2 rings (SSSR count). The van der Waals surface area contributed by atoms with Crippen molar-refractivity contribution in [1.82, 2.24) is 0 Å². The maximum Gasteiger partial charge on any atom is 0.335 e. The number of aliphatic carboxylic acids is 1. The Morgan fingerprint density at radius 3 is 2.59 bits per heavy atom. The SMILES string of the molecule is O=C(O)c1ccc2c(c1)C=CCC2(S)C(=O)O. The minimum absolute atomic E-state index is 0.136. The van der Waals surface area contributed by atoms with Crippen LogP contribution in [0.2, 0.25) is 0 Å². The van der Waals surface area contributed by atoms with Crippen LogP contribution in [0.15, 0.2) is 24.3 Å². The van der Waals surface area contributed by atoms with Gasteiger partial charge in [0.05, 0.1) is 5.56 Å². The Bertz CT molecular complexity index is 535. The average molecular weight is 250 g/mol. The molecule has 1 atom stereocenters. The molecule has 0 fully saturated rings. The van der Waals surface area contributed by atoms with Crippen LogP contribution in [0.3, 0.4) is 0 Å². The lowest BCUT2D eigenvalue weighted by Gasteiger charge is -2.28. The van der Waals surface area contributed by atoms with Gasteiger partial charge in [-0.1, -0.05) is 18.2 Å². The molecular weight excluding hydrogens is 240 g/mol. The number of thiol groups is 1. The summed E-state index contributed by atoms with van der Waals surface area (Å²) in [5, 5.41) is 18.1. The van der Waals surface area contributed by atoms with E-state index < -0.39 is 16.7 Å². The van der Waals surface area contributed by atoms with Crippen molar-refractivity contribution in [2.75, 3.05) is 0 Å².